The number of benzene rings is 1. The molecule has 21 heavy (non-hydrogen) atoms. The van der Waals surface area contributed by atoms with Gasteiger partial charge in [0.05, 0.1) is 11.5 Å². The Morgan fingerprint density at radius 2 is 2.05 bits per heavy atom. The third kappa shape index (κ3) is 4.09. The summed E-state index contributed by atoms with van der Waals surface area (Å²) in [6.45, 7) is 2.28. The summed E-state index contributed by atoms with van der Waals surface area (Å²) >= 11 is 0. The van der Waals surface area contributed by atoms with E-state index in [2.05, 4.69) is 9.80 Å². The number of carbonyl (C=O) groups is 1. The quantitative estimate of drug-likeness (QED) is 0.454. The number of rotatable bonds is 6. The maximum Gasteiger partial charge on any atom is 0.269 e. The van der Waals surface area contributed by atoms with Crippen LogP contribution in [0.3, 0.4) is 0 Å². The van der Waals surface area contributed by atoms with Gasteiger partial charge in [-0.1, -0.05) is 0 Å². The molecule has 1 unspecified atom stereocenters. The van der Waals surface area contributed by atoms with Crippen LogP contribution < -0.4 is 0 Å². The molecule has 6 heteroatoms. The summed E-state index contributed by atoms with van der Waals surface area (Å²) in [6, 6.07) is 6.26. The van der Waals surface area contributed by atoms with Gasteiger partial charge in [0.25, 0.3) is 5.69 Å². The highest BCUT2D eigenvalue weighted by atomic mass is 16.6. The second-order valence-corrected chi connectivity index (χ2v) is 5.76. The molecule has 1 aliphatic rings. The molecular weight excluding hydrogens is 270 g/mol. The van der Waals surface area contributed by atoms with Crippen molar-refractivity contribution in [2.75, 3.05) is 33.7 Å². The van der Waals surface area contributed by atoms with E-state index >= 15 is 0 Å². The number of likely N-dealkylation sites (N-methyl/N-ethyl adjacent to an activating group) is 1. The lowest BCUT2D eigenvalue weighted by molar-refractivity contribution is -0.384. The average Bonchev–Trinajstić information content (AvgIpc) is 2.85. The van der Waals surface area contributed by atoms with Crippen LogP contribution in [0.25, 0.3) is 0 Å². The fourth-order valence-corrected chi connectivity index (χ4v) is 2.78. The Bertz CT molecular complexity index is 513. The zero-order chi connectivity index (χ0) is 15.4. The molecule has 1 fully saturated rings. The lowest BCUT2D eigenvalue weighted by Crippen LogP contribution is -2.40. The normalized spacial score (nSPS) is 19.1. The Hall–Kier alpha value is -1.79. The van der Waals surface area contributed by atoms with Gasteiger partial charge in [0.15, 0.2) is 5.78 Å². The molecule has 0 aromatic heterocycles. The van der Waals surface area contributed by atoms with Crippen LogP contribution in [0.2, 0.25) is 0 Å². The molecule has 1 aliphatic heterocycles. The van der Waals surface area contributed by atoms with E-state index in [1.165, 1.54) is 24.3 Å². The highest BCUT2D eigenvalue weighted by Gasteiger charge is 2.26. The predicted molar refractivity (Wildman–Crippen MR) is 80.6 cm³/mol. The van der Waals surface area contributed by atoms with Crippen molar-refractivity contribution in [1.29, 1.82) is 0 Å². The van der Waals surface area contributed by atoms with E-state index in [0.29, 0.717) is 18.2 Å². The maximum absolute atomic E-state index is 12.3. The zero-order valence-electron chi connectivity index (χ0n) is 12.5. The lowest BCUT2D eigenvalue weighted by Gasteiger charge is -2.26. The lowest BCUT2D eigenvalue weighted by atomic mass is 10.1. The Labute approximate surface area is 124 Å². The molecule has 0 bridgehead atoms. The van der Waals surface area contributed by atoms with E-state index in [1.807, 2.05) is 14.1 Å². The molecule has 2 rings (SSSR count). The second-order valence-electron chi connectivity index (χ2n) is 5.76. The van der Waals surface area contributed by atoms with Crippen LogP contribution in [0.1, 0.15) is 23.2 Å². The summed E-state index contributed by atoms with van der Waals surface area (Å²) in [5.74, 6) is 0.0237. The third-order valence-electron chi connectivity index (χ3n) is 3.82. The van der Waals surface area contributed by atoms with Crippen LogP contribution in [0.5, 0.6) is 0 Å². The first-order valence-electron chi connectivity index (χ1n) is 7.14. The van der Waals surface area contributed by atoms with Gasteiger partial charge in [-0.2, -0.15) is 0 Å². The van der Waals surface area contributed by atoms with Crippen molar-refractivity contribution in [2.24, 2.45) is 0 Å². The summed E-state index contributed by atoms with van der Waals surface area (Å²) in [5.41, 5.74) is 0.550. The van der Waals surface area contributed by atoms with Crippen molar-refractivity contribution in [3.63, 3.8) is 0 Å². The van der Waals surface area contributed by atoms with E-state index in [4.69, 9.17) is 0 Å². The van der Waals surface area contributed by atoms with Gasteiger partial charge in [0, 0.05) is 30.3 Å². The fourth-order valence-electron chi connectivity index (χ4n) is 2.78. The molecule has 6 nitrogen and oxygen atoms in total. The highest BCUT2D eigenvalue weighted by molar-refractivity contribution is 5.97. The molecule has 1 saturated heterocycles. The average molecular weight is 291 g/mol. The number of hydrogen-bond donors (Lipinski definition) is 0. The Balaban J connectivity index is 1.98. The van der Waals surface area contributed by atoms with Gasteiger partial charge in [-0.15, -0.1) is 0 Å². The summed E-state index contributed by atoms with van der Waals surface area (Å²) in [4.78, 5) is 26.8. The van der Waals surface area contributed by atoms with E-state index in [0.717, 1.165) is 25.9 Å². The molecule has 1 aromatic carbocycles. The smallest absolute Gasteiger partial charge is 0.269 e. The molecule has 114 valence electrons. The predicted octanol–water partition coefficient (Wildman–Crippen LogP) is 1.80. The van der Waals surface area contributed by atoms with Crippen LogP contribution in [0, 0.1) is 10.1 Å². The summed E-state index contributed by atoms with van der Waals surface area (Å²) in [7, 11) is 4.07. The number of Topliss-reactive ketones (excluding diaryl/α,β-unsaturated/α-hetero) is 1. The molecule has 1 atom stereocenters. The van der Waals surface area contributed by atoms with Gasteiger partial charge in [-0.3, -0.25) is 19.8 Å². The summed E-state index contributed by atoms with van der Waals surface area (Å²) < 4.78 is 0. The zero-order valence-corrected chi connectivity index (χ0v) is 12.5. The number of hydrogen-bond acceptors (Lipinski definition) is 5. The van der Waals surface area contributed by atoms with E-state index in [1.54, 1.807) is 0 Å². The van der Waals surface area contributed by atoms with Crippen LogP contribution in [-0.4, -0.2) is 60.3 Å². The first kappa shape index (κ1) is 15.6. The molecule has 1 aromatic rings. The number of nitro groups is 1. The number of non-ortho nitro benzene ring substituents is 1. The minimum atomic E-state index is -0.457. The molecule has 0 spiro atoms. The minimum Gasteiger partial charge on any atom is -0.308 e. The van der Waals surface area contributed by atoms with Gasteiger partial charge in [0.1, 0.15) is 0 Å². The van der Waals surface area contributed by atoms with Gasteiger partial charge in [-0.25, -0.2) is 0 Å². The highest BCUT2D eigenvalue weighted by Crippen LogP contribution is 2.19. The SMILES string of the molecule is CN(C)CC1CCCN1CC(=O)c1ccc([N+](=O)[O-])cc1. The summed E-state index contributed by atoms with van der Waals surface area (Å²) in [6.07, 6.45) is 2.23. The Morgan fingerprint density at radius 1 is 1.38 bits per heavy atom. The first-order valence-corrected chi connectivity index (χ1v) is 7.14. The van der Waals surface area contributed by atoms with Gasteiger partial charge < -0.3 is 4.90 Å². The third-order valence-corrected chi connectivity index (χ3v) is 3.82. The van der Waals surface area contributed by atoms with Crippen LogP contribution in [0.15, 0.2) is 24.3 Å². The Kier molecular flexibility index (Phi) is 5.03. The fraction of sp³-hybridized carbons (Fsp3) is 0.533. The molecule has 1 heterocycles. The number of likely N-dealkylation sites (tertiary alicyclic amines) is 1. The minimum absolute atomic E-state index is 0.0122. The van der Waals surface area contributed by atoms with Crippen LogP contribution in [0.4, 0.5) is 5.69 Å². The topological polar surface area (TPSA) is 66.7 Å². The number of ketones is 1. The van der Waals surface area contributed by atoms with Gasteiger partial charge >= 0.3 is 0 Å². The molecule has 0 N–H and O–H groups in total. The molecule has 0 aliphatic carbocycles. The van der Waals surface area contributed by atoms with Crippen LogP contribution >= 0.6 is 0 Å². The number of nitrogens with zero attached hydrogens (tertiary/aromatic N) is 3. The first-order chi connectivity index (χ1) is 9.97. The van der Waals surface area contributed by atoms with Crippen LogP contribution in [-0.2, 0) is 0 Å². The van der Waals surface area contributed by atoms with Crippen molar-refractivity contribution in [2.45, 2.75) is 18.9 Å². The standard InChI is InChI=1S/C15H21N3O3/c1-16(2)10-14-4-3-9-17(14)11-15(19)12-5-7-13(8-6-12)18(20)21/h5-8,14H,3-4,9-11H2,1-2H3. The number of carbonyl (C=O) groups excluding carboxylic acids is 1. The van der Waals surface area contributed by atoms with E-state index in [9.17, 15) is 14.9 Å². The Morgan fingerprint density at radius 3 is 2.62 bits per heavy atom. The van der Waals surface area contributed by atoms with Crippen molar-refractivity contribution in [3.05, 3.63) is 39.9 Å². The van der Waals surface area contributed by atoms with Crippen molar-refractivity contribution in [1.82, 2.24) is 9.80 Å². The van der Waals surface area contributed by atoms with Gasteiger partial charge in [-0.05, 0) is 45.6 Å². The second kappa shape index (κ2) is 6.78. The van der Waals surface area contributed by atoms with E-state index in [-0.39, 0.29) is 11.5 Å². The maximum atomic E-state index is 12.3. The molecule has 0 saturated carbocycles. The van der Waals surface area contributed by atoms with Crippen molar-refractivity contribution < 1.29 is 9.72 Å². The largest absolute Gasteiger partial charge is 0.308 e. The monoisotopic (exact) mass is 291 g/mol. The van der Waals surface area contributed by atoms with E-state index < -0.39 is 4.92 Å². The van der Waals surface area contributed by atoms with Crippen molar-refractivity contribution >= 4 is 11.5 Å². The van der Waals surface area contributed by atoms with Crippen molar-refractivity contribution in [3.8, 4) is 0 Å². The summed E-state index contributed by atoms with van der Waals surface area (Å²) in [5, 5.41) is 10.6. The molecule has 0 amide bonds. The molecular formula is C15H21N3O3. The van der Waals surface area contributed by atoms with Gasteiger partial charge in [0.2, 0.25) is 0 Å². The molecule has 0 radical (unpaired) electrons. The number of nitro benzene ring substituents is 1.